The highest BCUT2D eigenvalue weighted by Gasteiger charge is 2.14. The number of rotatable bonds is 4. The largest absolute Gasteiger partial charge is 0.316 e. The van der Waals surface area contributed by atoms with Crippen molar-refractivity contribution in [3.05, 3.63) is 35.4 Å². The highest BCUT2D eigenvalue weighted by molar-refractivity contribution is 5.75. The van der Waals surface area contributed by atoms with Gasteiger partial charge in [-0.25, -0.2) is 0 Å². The zero-order chi connectivity index (χ0) is 12.1. The summed E-state index contributed by atoms with van der Waals surface area (Å²) in [6, 6.07) is 8.81. The molecule has 0 radical (unpaired) electrons. The average molecular weight is 231 g/mol. The number of benzene rings is 1. The summed E-state index contributed by atoms with van der Waals surface area (Å²) in [6.45, 7) is 3.92. The first kappa shape index (κ1) is 12.3. The number of carbonyl (C=O) groups excluding carboxylic acids is 1. The summed E-state index contributed by atoms with van der Waals surface area (Å²) < 4.78 is 0. The van der Waals surface area contributed by atoms with E-state index in [-0.39, 0.29) is 5.78 Å². The third-order valence-electron chi connectivity index (χ3n) is 3.51. The predicted octanol–water partition coefficient (Wildman–Crippen LogP) is 2.68. The molecule has 0 spiro atoms. The molecule has 0 bridgehead atoms. The Hall–Kier alpha value is -1.15. The average Bonchev–Trinajstić information content (AvgIpc) is 2.38. The Bertz CT molecular complexity index is 363. The standard InChI is InChI=1S/C15H21NO/c1-12(17)4-5-13-6-8-14(9-7-13)15-3-2-10-16-11-15/h6-9,15-16H,2-5,10-11H2,1H3. The zero-order valence-electron chi connectivity index (χ0n) is 10.5. The van der Waals surface area contributed by atoms with Crippen LogP contribution < -0.4 is 5.32 Å². The van der Waals surface area contributed by atoms with Crippen LogP contribution in [0.1, 0.15) is 43.2 Å². The van der Waals surface area contributed by atoms with Crippen LogP contribution in [0.4, 0.5) is 0 Å². The topological polar surface area (TPSA) is 29.1 Å². The van der Waals surface area contributed by atoms with Crippen molar-refractivity contribution in [2.75, 3.05) is 13.1 Å². The van der Waals surface area contributed by atoms with Crippen LogP contribution >= 0.6 is 0 Å². The summed E-state index contributed by atoms with van der Waals surface area (Å²) >= 11 is 0. The SMILES string of the molecule is CC(=O)CCc1ccc(C2CCCNC2)cc1. The van der Waals surface area contributed by atoms with E-state index in [1.165, 1.54) is 24.0 Å². The summed E-state index contributed by atoms with van der Waals surface area (Å²) in [6.07, 6.45) is 4.10. The molecule has 1 heterocycles. The highest BCUT2D eigenvalue weighted by atomic mass is 16.1. The van der Waals surface area contributed by atoms with Gasteiger partial charge < -0.3 is 10.1 Å². The molecule has 1 atom stereocenters. The van der Waals surface area contributed by atoms with E-state index in [9.17, 15) is 4.79 Å². The number of hydrogen-bond donors (Lipinski definition) is 1. The van der Waals surface area contributed by atoms with Crippen molar-refractivity contribution in [1.82, 2.24) is 5.32 Å². The van der Waals surface area contributed by atoms with Gasteiger partial charge >= 0.3 is 0 Å². The van der Waals surface area contributed by atoms with Crippen LogP contribution in [-0.2, 0) is 11.2 Å². The minimum atomic E-state index is 0.269. The van der Waals surface area contributed by atoms with Gasteiger partial charge in [0.1, 0.15) is 5.78 Å². The Morgan fingerprint density at radius 2 is 2.12 bits per heavy atom. The van der Waals surface area contributed by atoms with Gasteiger partial charge in [-0.2, -0.15) is 0 Å². The van der Waals surface area contributed by atoms with Crippen LogP contribution in [0, 0.1) is 0 Å². The lowest BCUT2D eigenvalue weighted by atomic mass is 9.91. The van der Waals surface area contributed by atoms with Crippen molar-refractivity contribution in [2.45, 2.75) is 38.5 Å². The molecule has 1 aliphatic rings. The van der Waals surface area contributed by atoms with Crippen molar-refractivity contribution in [1.29, 1.82) is 0 Å². The molecule has 2 nitrogen and oxygen atoms in total. The molecule has 0 aliphatic carbocycles. The van der Waals surface area contributed by atoms with E-state index >= 15 is 0 Å². The summed E-state index contributed by atoms with van der Waals surface area (Å²) in [5, 5.41) is 3.44. The van der Waals surface area contributed by atoms with E-state index in [1.54, 1.807) is 6.92 Å². The second-order valence-electron chi connectivity index (χ2n) is 4.99. The Labute approximate surface area is 103 Å². The van der Waals surface area contributed by atoms with Crippen LogP contribution in [0.15, 0.2) is 24.3 Å². The van der Waals surface area contributed by atoms with Gasteiger partial charge in [-0.3, -0.25) is 0 Å². The molecule has 1 unspecified atom stereocenters. The van der Waals surface area contributed by atoms with Gasteiger partial charge in [0.25, 0.3) is 0 Å². The summed E-state index contributed by atoms with van der Waals surface area (Å²) in [5.74, 6) is 0.941. The van der Waals surface area contributed by atoms with Crippen LogP contribution in [0.5, 0.6) is 0 Å². The Balaban J connectivity index is 1.94. The van der Waals surface area contributed by atoms with Gasteiger partial charge in [-0.15, -0.1) is 0 Å². The summed E-state index contributed by atoms with van der Waals surface area (Å²) in [5.41, 5.74) is 2.71. The molecule has 1 saturated heterocycles. The minimum Gasteiger partial charge on any atom is -0.316 e. The van der Waals surface area contributed by atoms with Crippen molar-refractivity contribution < 1.29 is 4.79 Å². The van der Waals surface area contributed by atoms with E-state index in [2.05, 4.69) is 29.6 Å². The first-order chi connectivity index (χ1) is 8.25. The first-order valence-corrected chi connectivity index (χ1v) is 6.54. The van der Waals surface area contributed by atoms with Gasteiger partial charge in [0.15, 0.2) is 0 Å². The Morgan fingerprint density at radius 1 is 1.35 bits per heavy atom. The normalized spacial score (nSPS) is 20.2. The molecule has 1 fully saturated rings. The summed E-state index contributed by atoms with van der Waals surface area (Å²) in [4.78, 5) is 10.9. The fourth-order valence-corrected chi connectivity index (χ4v) is 2.41. The number of carbonyl (C=O) groups is 1. The van der Waals surface area contributed by atoms with Crippen LogP contribution in [0.25, 0.3) is 0 Å². The number of piperidine rings is 1. The number of Topliss-reactive ketones (excluding diaryl/α,β-unsaturated/α-hetero) is 1. The van der Waals surface area contributed by atoms with E-state index in [4.69, 9.17) is 0 Å². The lowest BCUT2D eigenvalue weighted by molar-refractivity contribution is -0.116. The van der Waals surface area contributed by atoms with Gasteiger partial charge in [0.05, 0.1) is 0 Å². The minimum absolute atomic E-state index is 0.269. The quantitative estimate of drug-likeness (QED) is 0.863. The molecule has 1 aromatic rings. The molecule has 0 saturated carbocycles. The summed E-state index contributed by atoms with van der Waals surface area (Å²) in [7, 11) is 0. The number of nitrogens with one attached hydrogen (secondary N) is 1. The van der Waals surface area contributed by atoms with Crippen LogP contribution in [-0.4, -0.2) is 18.9 Å². The molecule has 17 heavy (non-hydrogen) atoms. The third-order valence-corrected chi connectivity index (χ3v) is 3.51. The monoisotopic (exact) mass is 231 g/mol. The van der Waals surface area contributed by atoms with Crippen molar-refractivity contribution in [3.8, 4) is 0 Å². The maximum Gasteiger partial charge on any atom is 0.130 e. The smallest absolute Gasteiger partial charge is 0.130 e. The second kappa shape index (κ2) is 5.97. The van der Waals surface area contributed by atoms with Crippen LogP contribution in [0.3, 0.4) is 0 Å². The molecule has 2 rings (SSSR count). The molecule has 92 valence electrons. The molecule has 0 amide bonds. The number of hydrogen-bond acceptors (Lipinski definition) is 2. The van der Waals surface area contributed by atoms with Crippen LogP contribution in [0.2, 0.25) is 0 Å². The highest BCUT2D eigenvalue weighted by Crippen LogP contribution is 2.23. The van der Waals surface area contributed by atoms with Gasteiger partial charge in [0, 0.05) is 13.0 Å². The lowest BCUT2D eigenvalue weighted by Gasteiger charge is -2.23. The van der Waals surface area contributed by atoms with E-state index in [0.717, 1.165) is 19.5 Å². The maximum absolute atomic E-state index is 10.9. The van der Waals surface area contributed by atoms with Gasteiger partial charge in [-0.1, -0.05) is 24.3 Å². The first-order valence-electron chi connectivity index (χ1n) is 6.54. The maximum atomic E-state index is 10.9. The van der Waals surface area contributed by atoms with E-state index in [0.29, 0.717) is 12.3 Å². The molecule has 2 heteroatoms. The molecular weight excluding hydrogens is 210 g/mol. The molecular formula is C15H21NO. The number of ketones is 1. The molecule has 1 aliphatic heterocycles. The van der Waals surface area contributed by atoms with E-state index < -0.39 is 0 Å². The van der Waals surface area contributed by atoms with Crippen molar-refractivity contribution >= 4 is 5.78 Å². The molecule has 1 aromatic carbocycles. The molecule has 0 aromatic heterocycles. The zero-order valence-corrected chi connectivity index (χ0v) is 10.5. The van der Waals surface area contributed by atoms with Crippen molar-refractivity contribution in [2.24, 2.45) is 0 Å². The fraction of sp³-hybridized carbons (Fsp3) is 0.533. The third kappa shape index (κ3) is 3.67. The Morgan fingerprint density at radius 3 is 2.71 bits per heavy atom. The predicted molar refractivity (Wildman–Crippen MR) is 70.3 cm³/mol. The van der Waals surface area contributed by atoms with E-state index in [1.807, 2.05) is 0 Å². The second-order valence-corrected chi connectivity index (χ2v) is 4.99. The van der Waals surface area contributed by atoms with Crippen molar-refractivity contribution in [3.63, 3.8) is 0 Å². The lowest BCUT2D eigenvalue weighted by Crippen LogP contribution is -2.28. The Kier molecular flexibility index (Phi) is 4.32. The molecule has 1 N–H and O–H groups in total. The van der Waals surface area contributed by atoms with Gasteiger partial charge in [0.2, 0.25) is 0 Å². The number of aryl methyl sites for hydroxylation is 1. The van der Waals surface area contributed by atoms with Gasteiger partial charge in [-0.05, 0) is 49.8 Å². The fourth-order valence-electron chi connectivity index (χ4n) is 2.41.